The Hall–Kier alpha value is -1.32. The number of hydrogen-bond donors (Lipinski definition) is 2. The van der Waals surface area contributed by atoms with Crippen LogP contribution in [0.4, 0.5) is 0 Å². The Kier molecular flexibility index (Phi) is 3.35. The lowest BCUT2D eigenvalue weighted by atomic mass is 9.79. The molecule has 2 fully saturated rings. The molecule has 0 spiro atoms. The molecule has 0 heterocycles. The molecule has 0 aromatic heterocycles. The van der Waals surface area contributed by atoms with Gasteiger partial charge in [-0.25, -0.2) is 0 Å². The molecule has 0 radical (unpaired) electrons. The fourth-order valence-corrected chi connectivity index (χ4v) is 4.23. The van der Waals surface area contributed by atoms with Gasteiger partial charge in [-0.1, -0.05) is 20.3 Å². The van der Waals surface area contributed by atoms with Gasteiger partial charge in [0, 0.05) is 24.1 Å². The van der Waals surface area contributed by atoms with Crippen molar-refractivity contribution in [2.45, 2.75) is 52.4 Å². The first kappa shape index (κ1) is 13.7. The van der Waals surface area contributed by atoms with E-state index in [2.05, 4.69) is 24.7 Å². The summed E-state index contributed by atoms with van der Waals surface area (Å²) in [6.07, 6.45) is 7.79. The summed E-state index contributed by atoms with van der Waals surface area (Å²) in [4.78, 5) is 23.9. The van der Waals surface area contributed by atoms with Gasteiger partial charge >= 0.3 is 0 Å². The van der Waals surface area contributed by atoms with Gasteiger partial charge in [0.25, 0.3) is 0 Å². The number of rotatable bonds is 3. The zero-order chi connectivity index (χ0) is 14.3. The molecule has 0 aromatic carbocycles. The Morgan fingerprint density at radius 2 is 2.05 bits per heavy atom. The molecule has 0 unspecified atom stereocenters. The van der Waals surface area contributed by atoms with Gasteiger partial charge in [0.15, 0.2) is 5.78 Å². The number of carbonyl (C=O) groups excluding carboxylic acids is 2. The zero-order valence-electron chi connectivity index (χ0n) is 12.4. The monoisotopic (exact) mass is 276 g/mol. The van der Waals surface area contributed by atoms with Gasteiger partial charge in [0.05, 0.1) is 0 Å². The lowest BCUT2D eigenvalue weighted by Gasteiger charge is -2.30. The summed E-state index contributed by atoms with van der Waals surface area (Å²) < 4.78 is 0. The predicted molar refractivity (Wildman–Crippen MR) is 76.3 cm³/mol. The van der Waals surface area contributed by atoms with Crippen LogP contribution in [0.15, 0.2) is 11.8 Å². The highest BCUT2D eigenvalue weighted by atomic mass is 16.2. The molecule has 1 amide bonds. The molecule has 2 saturated carbocycles. The molecule has 3 rings (SSSR count). The van der Waals surface area contributed by atoms with Gasteiger partial charge in [-0.05, 0) is 42.9 Å². The van der Waals surface area contributed by atoms with Crippen LogP contribution >= 0.6 is 0 Å². The van der Waals surface area contributed by atoms with Crippen molar-refractivity contribution in [3.8, 4) is 0 Å². The highest BCUT2D eigenvalue weighted by Gasteiger charge is 2.43. The minimum absolute atomic E-state index is 0.0225. The number of ketones is 1. The van der Waals surface area contributed by atoms with E-state index in [-0.39, 0.29) is 23.0 Å². The number of hydrazine groups is 1. The molecule has 3 atom stereocenters. The van der Waals surface area contributed by atoms with Crippen LogP contribution in [0.25, 0.3) is 0 Å². The Morgan fingerprint density at radius 1 is 1.25 bits per heavy atom. The van der Waals surface area contributed by atoms with Crippen molar-refractivity contribution in [3.63, 3.8) is 0 Å². The lowest BCUT2D eigenvalue weighted by Crippen LogP contribution is -2.43. The van der Waals surface area contributed by atoms with Crippen LogP contribution < -0.4 is 10.9 Å². The van der Waals surface area contributed by atoms with Gasteiger partial charge in [-0.2, -0.15) is 0 Å². The summed E-state index contributed by atoms with van der Waals surface area (Å²) in [5, 5.41) is 0. The quantitative estimate of drug-likeness (QED) is 0.778. The first-order chi connectivity index (χ1) is 9.43. The minimum atomic E-state index is -0.0225. The first-order valence-electron chi connectivity index (χ1n) is 7.72. The number of carbonyl (C=O) groups is 2. The standard InChI is InChI=1S/C16H24N2O2/c1-16(2)8-12(7-13(19)9-16)17-18-15(20)14-6-10-3-4-11(14)5-10/h7,10-11,14,17H,3-6,8-9H2,1-2H3,(H,18,20)/t10-,11-,14+/m1/s1. The van der Waals surface area contributed by atoms with Gasteiger partial charge in [-0.3, -0.25) is 15.0 Å². The molecule has 20 heavy (non-hydrogen) atoms. The average molecular weight is 276 g/mol. The fourth-order valence-electron chi connectivity index (χ4n) is 4.23. The Balaban J connectivity index is 1.54. The highest BCUT2D eigenvalue weighted by molar-refractivity contribution is 5.91. The summed E-state index contributed by atoms with van der Waals surface area (Å²) in [5.41, 5.74) is 6.63. The van der Waals surface area contributed by atoms with Crippen molar-refractivity contribution >= 4 is 11.7 Å². The molecular weight excluding hydrogens is 252 g/mol. The summed E-state index contributed by atoms with van der Waals surface area (Å²) in [7, 11) is 0. The van der Waals surface area contributed by atoms with Crippen LogP contribution in [0, 0.1) is 23.2 Å². The van der Waals surface area contributed by atoms with Crippen LogP contribution in [0.1, 0.15) is 52.4 Å². The molecule has 0 aliphatic heterocycles. The summed E-state index contributed by atoms with van der Waals surface area (Å²) in [6.45, 7) is 4.16. The van der Waals surface area contributed by atoms with E-state index in [1.807, 2.05) is 0 Å². The van der Waals surface area contributed by atoms with E-state index in [0.717, 1.165) is 24.5 Å². The van der Waals surface area contributed by atoms with Crippen molar-refractivity contribution in [1.29, 1.82) is 0 Å². The highest BCUT2D eigenvalue weighted by Crippen LogP contribution is 2.48. The summed E-state index contributed by atoms with van der Waals surface area (Å²) in [5.74, 6) is 1.77. The molecule has 2 bridgehead atoms. The third-order valence-electron chi connectivity index (χ3n) is 5.08. The molecule has 2 N–H and O–H groups in total. The second kappa shape index (κ2) is 4.90. The van der Waals surface area contributed by atoms with Crippen molar-refractivity contribution < 1.29 is 9.59 Å². The maximum atomic E-state index is 12.2. The maximum Gasteiger partial charge on any atom is 0.241 e. The van der Waals surface area contributed by atoms with Crippen LogP contribution in [0.2, 0.25) is 0 Å². The van der Waals surface area contributed by atoms with E-state index in [1.165, 1.54) is 19.3 Å². The predicted octanol–water partition coefficient (Wildman–Crippen LogP) is 2.32. The smallest absolute Gasteiger partial charge is 0.241 e. The van der Waals surface area contributed by atoms with E-state index >= 15 is 0 Å². The number of allylic oxidation sites excluding steroid dienone is 2. The van der Waals surface area contributed by atoms with Crippen LogP contribution in [-0.4, -0.2) is 11.7 Å². The molecule has 110 valence electrons. The summed E-state index contributed by atoms with van der Waals surface area (Å²) in [6, 6.07) is 0. The molecular formula is C16H24N2O2. The molecule has 0 saturated heterocycles. The van der Waals surface area contributed by atoms with Crippen LogP contribution in [-0.2, 0) is 9.59 Å². The Morgan fingerprint density at radius 3 is 2.65 bits per heavy atom. The largest absolute Gasteiger partial charge is 0.303 e. The fraction of sp³-hybridized carbons (Fsp3) is 0.750. The SMILES string of the molecule is CC1(C)CC(=O)C=C(NNC(=O)[C@H]2C[C@@H]3CC[C@@H]2C3)C1. The number of nitrogens with one attached hydrogen (secondary N) is 2. The zero-order valence-corrected chi connectivity index (χ0v) is 12.4. The van der Waals surface area contributed by atoms with E-state index in [0.29, 0.717) is 12.3 Å². The number of hydrogen-bond acceptors (Lipinski definition) is 3. The molecule has 3 aliphatic rings. The van der Waals surface area contributed by atoms with E-state index < -0.39 is 0 Å². The summed E-state index contributed by atoms with van der Waals surface area (Å²) >= 11 is 0. The van der Waals surface area contributed by atoms with Gasteiger partial charge in [0.2, 0.25) is 5.91 Å². The first-order valence-corrected chi connectivity index (χ1v) is 7.72. The van der Waals surface area contributed by atoms with E-state index in [1.54, 1.807) is 6.08 Å². The molecule has 4 nitrogen and oxygen atoms in total. The van der Waals surface area contributed by atoms with Gasteiger partial charge < -0.3 is 5.43 Å². The normalized spacial score (nSPS) is 34.8. The maximum absolute atomic E-state index is 12.2. The Bertz CT molecular complexity index is 467. The third-order valence-corrected chi connectivity index (χ3v) is 5.08. The average Bonchev–Trinajstić information content (AvgIpc) is 2.95. The molecule has 4 heteroatoms. The number of amides is 1. The van der Waals surface area contributed by atoms with E-state index in [9.17, 15) is 9.59 Å². The second-order valence-corrected chi connectivity index (χ2v) is 7.55. The number of fused-ring (bicyclic) bond motifs is 2. The van der Waals surface area contributed by atoms with E-state index in [4.69, 9.17) is 0 Å². The van der Waals surface area contributed by atoms with Crippen LogP contribution in [0.3, 0.4) is 0 Å². The Labute approximate surface area is 120 Å². The second-order valence-electron chi connectivity index (χ2n) is 7.55. The molecule has 3 aliphatic carbocycles. The van der Waals surface area contributed by atoms with Crippen molar-refractivity contribution in [2.24, 2.45) is 23.2 Å². The van der Waals surface area contributed by atoms with Gasteiger partial charge in [0.1, 0.15) is 0 Å². The lowest BCUT2D eigenvalue weighted by molar-refractivity contribution is -0.127. The third kappa shape index (κ3) is 2.74. The minimum Gasteiger partial charge on any atom is -0.303 e. The molecule has 0 aromatic rings. The van der Waals surface area contributed by atoms with Crippen molar-refractivity contribution in [3.05, 3.63) is 11.8 Å². The van der Waals surface area contributed by atoms with Crippen molar-refractivity contribution in [2.75, 3.05) is 0 Å². The van der Waals surface area contributed by atoms with Crippen LogP contribution in [0.5, 0.6) is 0 Å². The van der Waals surface area contributed by atoms with Crippen molar-refractivity contribution in [1.82, 2.24) is 10.9 Å². The topological polar surface area (TPSA) is 58.2 Å². The van der Waals surface area contributed by atoms with Gasteiger partial charge in [-0.15, -0.1) is 0 Å².